The highest BCUT2D eigenvalue weighted by Crippen LogP contribution is 2.23. The number of carbonyl (C=O) groups excluding carboxylic acids is 1. The van der Waals surface area contributed by atoms with Gasteiger partial charge in [0.1, 0.15) is 48.8 Å². The van der Waals surface area contributed by atoms with E-state index in [4.69, 9.17) is 18.9 Å². The third-order valence-corrected chi connectivity index (χ3v) is 5.80. The number of aliphatic hydroxyl groups excluding tert-OH is 8. The van der Waals surface area contributed by atoms with Gasteiger partial charge >= 0.3 is 0 Å². The van der Waals surface area contributed by atoms with E-state index in [2.05, 4.69) is 0 Å². The molecular formula is C20H37NO13. The molecule has 14 heteroatoms. The van der Waals surface area contributed by atoms with Gasteiger partial charge in [0.15, 0.2) is 12.6 Å². The van der Waals surface area contributed by atoms with Crippen LogP contribution < -0.4 is 0 Å². The minimum absolute atomic E-state index is 0.0475. The van der Waals surface area contributed by atoms with Crippen LogP contribution in [0.3, 0.4) is 0 Å². The summed E-state index contributed by atoms with van der Waals surface area (Å²) >= 11 is 0. The molecule has 2 heterocycles. The van der Waals surface area contributed by atoms with Crippen molar-refractivity contribution in [1.29, 1.82) is 0 Å². The molecule has 0 bridgehead atoms. The molecule has 2 aliphatic heterocycles. The van der Waals surface area contributed by atoms with Gasteiger partial charge in [-0.15, -0.1) is 0 Å². The van der Waals surface area contributed by atoms with E-state index in [0.29, 0.717) is 6.42 Å². The van der Waals surface area contributed by atoms with Crippen LogP contribution in [0.5, 0.6) is 0 Å². The van der Waals surface area contributed by atoms with Crippen LogP contribution in [0.1, 0.15) is 19.8 Å². The van der Waals surface area contributed by atoms with Gasteiger partial charge in [-0.1, -0.05) is 6.92 Å². The molecule has 0 radical (unpaired) electrons. The number of nitrogens with zero attached hydrogens (tertiary/aromatic N) is 1. The first-order valence-corrected chi connectivity index (χ1v) is 11.3. The Morgan fingerprint density at radius 2 is 1.15 bits per heavy atom. The molecule has 200 valence electrons. The van der Waals surface area contributed by atoms with Crippen LogP contribution in [0.2, 0.25) is 0 Å². The van der Waals surface area contributed by atoms with Crippen molar-refractivity contribution < 1.29 is 64.6 Å². The minimum Gasteiger partial charge on any atom is -0.394 e. The van der Waals surface area contributed by atoms with Crippen LogP contribution in [0.25, 0.3) is 0 Å². The van der Waals surface area contributed by atoms with Gasteiger partial charge in [-0.05, 0) is 6.42 Å². The predicted octanol–water partition coefficient (Wildman–Crippen LogP) is -4.75. The van der Waals surface area contributed by atoms with Crippen molar-refractivity contribution in [3.63, 3.8) is 0 Å². The van der Waals surface area contributed by atoms with Crippen LogP contribution in [-0.2, 0) is 23.7 Å². The summed E-state index contributed by atoms with van der Waals surface area (Å²) in [5.74, 6) is -0.225. The van der Waals surface area contributed by atoms with E-state index in [0.717, 1.165) is 0 Å². The molecule has 2 saturated heterocycles. The highest BCUT2D eigenvalue weighted by atomic mass is 16.7. The molecular weight excluding hydrogens is 462 g/mol. The summed E-state index contributed by atoms with van der Waals surface area (Å²) in [6.45, 7) is 0.502. The first kappa shape index (κ1) is 29.2. The number of aliphatic hydroxyl groups is 8. The number of rotatable bonds is 12. The summed E-state index contributed by atoms with van der Waals surface area (Å²) in [7, 11) is 0. The Morgan fingerprint density at radius 3 is 1.50 bits per heavy atom. The Bertz CT molecular complexity index is 567. The highest BCUT2D eigenvalue weighted by molar-refractivity contribution is 5.76. The van der Waals surface area contributed by atoms with Crippen LogP contribution in [0.4, 0.5) is 0 Å². The van der Waals surface area contributed by atoms with Crippen LogP contribution >= 0.6 is 0 Å². The topological polar surface area (TPSA) is 219 Å². The second-order valence-electron chi connectivity index (χ2n) is 8.27. The molecule has 0 aliphatic carbocycles. The largest absolute Gasteiger partial charge is 0.394 e. The van der Waals surface area contributed by atoms with Crippen LogP contribution in [-0.4, -0.2) is 153 Å². The van der Waals surface area contributed by atoms with Crippen LogP contribution in [0.15, 0.2) is 0 Å². The smallest absolute Gasteiger partial charge is 0.222 e. The first-order valence-electron chi connectivity index (χ1n) is 11.3. The van der Waals surface area contributed by atoms with E-state index in [9.17, 15) is 45.6 Å². The normalized spacial score (nSPS) is 38.6. The summed E-state index contributed by atoms with van der Waals surface area (Å²) in [4.78, 5) is 13.9. The second-order valence-corrected chi connectivity index (χ2v) is 8.27. The monoisotopic (exact) mass is 499 g/mol. The maximum atomic E-state index is 12.5. The summed E-state index contributed by atoms with van der Waals surface area (Å²) < 4.78 is 21.4. The van der Waals surface area contributed by atoms with E-state index in [1.807, 2.05) is 6.92 Å². The Kier molecular flexibility index (Phi) is 12.0. The summed E-state index contributed by atoms with van der Waals surface area (Å²) in [6, 6.07) is 0. The second kappa shape index (κ2) is 13.9. The molecule has 2 rings (SSSR count). The van der Waals surface area contributed by atoms with Crippen molar-refractivity contribution in [2.45, 2.75) is 81.2 Å². The zero-order chi connectivity index (χ0) is 25.4. The molecule has 2 fully saturated rings. The molecule has 0 saturated carbocycles. The maximum absolute atomic E-state index is 12.5. The lowest BCUT2D eigenvalue weighted by molar-refractivity contribution is -0.303. The average molecular weight is 500 g/mol. The summed E-state index contributed by atoms with van der Waals surface area (Å²) in [6.07, 6.45) is -13.4. The zero-order valence-corrected chi connectivity index (χ0v) is 19.0. The molecule has 2 aliphatic rings. The van der Waals surface area contributed by atoms with Crippen molar-refractivity contribution in [3.8, 4) is 0 Å². The van der Waals surface area contributed by atoms with Crippen molar-refractivity contribution >= 4 is 5.91 Å². The fraction of sp³-hybridized carbons (Fsp3) is 0.950. The number of carbonyl (C=O) groups is 1. The van der Waals surface area contributed by atoms with E-state index in [1.165, 1.54) is 4.90 Å². The van der Waals surface area contributed by atoms with Crippen molar-refractivity contribution in [1.82, 2.24) is 4.90 Å². The lowest BCUT2D eigenvalue weighted by Gasteiger charge is -2.40. The van der Waals surface area contributed by atoms with Crippen molar-refractivity contribution in [3.05, 3.63) is 0 Å². The standard InChI is InChI=1S/C20H37NO13/c1-2-3-12(24)21(4-6-31-19-17(29)15(27)13(25)10(8-22)33-19)5-7-32-20-18(30)16(28)14(26)11(9-23)34-20/h10-11,13-20,22-23,25-30H,2-9H2,1H3/t10-,11-,13-,14-,15+,16+,17+,18+,19+,20+/m1/s1. The van der Waals surface area contributed by atoms with Crippen LogP contribution in [0, 0.1) is 0 Å². The molecule has 0 aromatic heterocycles. The van der Waals surface area contributed by atoms with Gasteiger partial charge in [0.05, 0.1) is 26.4 Å². The summed E-state index contributed by atoms with van der Waals surface area (Å²) in [5, 5.41) is 77.9. The Hall–Kier alpha value is -1.01. The molecule has 0 unspecified atom stereocenters. The van der Waals surface area contributed by atoms with Gasteiger partial charge < -0.3 is 64.7 Å². The van der Waals surface area contributed by atoms with Gasteiger partial charge in [0, 0.05) is 19.5 Å². The van der Waals surface area contributed by atoms with E-state index < -0.39 is 74.6 Å². The first-order chi connectivity index (χ1) is 16.2. The molecule has 0 aromatic carbocycles. The average Bonchev–Trinajstić information content (AvgIpc) is 2.82. The maximum Gasteiger partial charge on any atom is 0.222 e. The molecule has 10 atom stereocenters. The fourth-order valence-electron chi connectivity index (χ4n) is 3.70. The Balaban J connectivity index is 1.87. The Morgan fingerprint density at radius 1 is 0.735 bits per heavy atom. The zero-order valence-electron chi connectivity index (χ0n) is 19.0. The lowest BCUT2D eigenvalue weighted by atomic mass is 9.99. The molecule has 14 nitrogen and oxygen atoms in total. The van der Waals surface area contributed by atoms with Crippen molar-refractivity contribution in [2.24, 2.45) is 0 Å². The molecule has 8 N–H and O–H groups in total. The van der Waals surface area contributed by atoms with Crippen molar-refractivity contribution in [2.75, 3.05) is 39.5 Å². The fourth-order valence-corrected chi connectivity index (χ4v) is 3.70. The third kappa shape index (κ3) is 7.25. The van der Waals surface area contributed by atoms with Gasteiger partial charge in [-0.2, -0.15) is 0 Å². The van der Waals surface area contributed by atoms with E-state index in [1.54, 1.807) is 0 Å². The minimum atomic E-state index is -1.58. The number of hydrogen-bond acceptors (Lipinski definition) is 13. The van der Waals surface area contributed by atoms with Gasteiger partial charge in [0.25, 0.3) is 0 Å². The predicted molar refractivity (Wildman–Crippen MR) is 111 cm³/mol. The summed E-state index contributed by atoms with van der Waals surface area (Å²) in [5.41, 5.74) is 0. The quantitative estimate of drug-likeness (QED) is 0.127. The highest BCUT2D eigenvalue weighted by Gasteiger charge is 2.45. The number of hydrogen-bond donors (Lipinski definition) is 8. The van der Waals surface area contributed by atoms with Gasteiger partial charge in [-0.25, -0.2) is 0 Å². The molecule has 34 heavy (non-hydrogen) atoms. The number of ether oxygens (including phenoxy) is 4. The molecule has 0 spiro atoms. The molecule has 0 aromatic rings. The SMILES string of the molecule is CCCC(=O)N(CCO[C@H]1O[C@H](CO)[C@@H](O)[C@H](O)[C@@H]1O)CCO[C@H]1O[C@H](CO)[C@@H](O)[C@H](O)[C@@H]1O. The van der Waals surface area contributed by atoms with E-state index in [-0.39, 0.29) is 38.6 Å². The number of amides is 1. The third-order valence-electron chi connectivity index (χ3n) is 5.80. The molecule has 1 amide bonds. The van der Waals surface area contributed by atoms with Gasteiger partial charge in [0.2, 0.25) is 5.91 Å². The van der Waals surface area contributed by atoms with Gasteiger partial charge in [-0.3, -0.25) is 4.79 Å². The lowest BCUT2D eigenvalue weighted by Crippen LogP contribution is -2.59. The van der Waals surface area contributed by atoms with E-state index >= 15 is 0 Å². The Labute approximate surface area is 196 Å².